The van der Waals surface area contributed by atoms with Gasteiger partial charge in [0, 0.05) is 19.4 Å². The Kier molecular flexibility index (Phi) is 4.26. The summed E-state index contributed by atoms with van der Waals surface area (Å²) in [4.78, 5) is 10.4. The van der Waals surface area contributed by atoms with Crippen LogP contribution in [-0.4, -0.2) is 19.5 Å². The van der Waals surface area contributed by atoms with Gasteiger partial charge in [0.1, 0.15) is 6.29 Å². The van der Waals surface area contributed by atoms with E-state index < -0.39 is 0 Å². The van der Waals surface area contributed by atoms with E-state index in [0.717, 1.165) is 11.9 Å². The molecule has 0 aromatic rings. The van der Waals surface area contributed by atoms with Gasteiger partial charge in [-0.25, -0.2) is 0 Å². The Labute approximate surface area is 90.0 Å². The Morgan fingerprint density at radius 1 is 1.67 bits per heavy atom. The van der Waals surface area contributed by atoms with Gasteiger partial charge in [0.15, 0.2) is 0 Å². The summed E-state index contributed by atoms with van der Waals surface area (Å²) in [5, 5.41) is 8.97. The Bertz CT molecular complexity index is 325. The van der Waals surface area contributed by atoms with E-state index in [1.165, 1.54) is 0 Å². The molecule has 0 amide bonds. The summed E-state index contributed by atoms with van der Waals surface area (Å²) in [6, 6.07) is 2.23. The third-order valence-electron chi connectivity index (χ3n) is 2.72. The van der Waals surface area contributed by atoms with Crippen LogP contribution >= 0.6 is 0 Å². The second-order valence-electron chi connectivity index (χ2n) is 3.69. The zero-order chi connectivity index (χ0) is 11.3. The molecule has 0 heterocycles. The number of carbonyl (C=O) groups is 1. The first-order valence-corrected chi connectivity index (χ1v) is 4.98. The molecule has 1 rings (SSSR count). The van der Waals surface area contributed by atoms with Crippen molar-refractivity contribution in [3.8, 4) is 6.07 Å². The minimum atomic E-state index is -0.157. The molecular formula is C12H15NO2. The van der Waals surface area contributed by atoms with E-state index in [9.17, 15) is 4.79 Å². The third-order valence-corrected chi connectivity index (χ3v) is 2.72. The number of nitrogens with zero attached hydrogens (tertiary/aromatic N) is 1. The number of aldehydes is 1. The Balaban J connectivity index is 2.93. The van der Waals surface area contributed by atoms with Crippen molar-refractivity contribution in [2.45, 2.75) is 19.4 Å². The maximum Gasteiger partial charge on any atom is 0.124 e. The van der Waals surface area contributed by atoms with Crippen molar-refractivity contribution in [3.05, 3.63) is 23.8 Å². The Hall–Kier alpha value is -1.40. The number of methoxy groups -OCH3 is 1. The van der Waals surface area contributed by atoms with E-state index in [2.05, 4.69) is 6.07 Å². The molecule has 0 aromatic heterocycles. The van der Waals surface area contributed by atoms with Crippen molar-refractivity contribution in [2.75, 3.05) is 7.11 Å². The number of hydrogen-bond donors (Lipinski definition) is 0. The van der Waals surface area contributed by atoms with Gasteiger partial charge in [0.2, 0.25) is 0 Å². The highest BCUT2D eigenvalue weighted by Gasteiger charge is 2.24. The lowest BCUT2D eigenvalue weighted by atomic mass is 9.91. The molecule has 0 N–H and O–H groups in total. The lowest BCUT2D eigenvalue weighted by Crippen LogP contribution is -2.23. The summed E-state index contributed by atoms with van der Waals surface area (Å²) in [7, 11) is 1.62. The van der Waals surface area contributed by atoms with Gasteiger partial charge in [0.05, 0.1) is 18.1 Å². The number of carbonyl (C=O) groups excluding carboxylic acids is 1. The molecule has 3 nitrogen and oxygen atoms in total. The molecule has 0 saturated carbocycles. The van der Waals surface area contributed by atoms with Crippen LogP contribution in [0.25, 0.3) is 0 Å². The monoisotopic (exact) mass is 205 g/mol. The predicted molar refractivity (Wildman–Crippen MR) is 57.0 cm³/mol. The average molecular weight is 205 g/mol. The van der Waals surface area contributed by atoms with Crippen molar-refractivity contribution >= 4 is 6.29 Å². The van der Waals surface area contributed by atoms with Crippen LogP contribution in [-0.2, 0) is 9.53 Å². The molecule has 3 heteroatoms. The molecule has 0 aromatic carbocycles. The zero-order valence-corrected chi connectivity index (χ0v) is 9.01. The smallest absolute Gasteiger partial charge is 0.124 e. The maximum absolute atomic E-state index is 10.4. The van der Waals surface area contributed by atoms with Crippen molar-refractivity contribution < 1.29 is 9.53 Å². The lowest BCUT2D eigenvalue weighted by molar-refractivity contribution is -0.107. The van der Waals surface area contributed by atoms with Gasteiger partial charge in [-0.15, -0.1) is 0 Å². The van der Waals surface area contributed by atoms with Gasteiger partial charge < -0.3 is 9.53 Å². The van der Waals surface area contributed by atoms with E-state index in [0.29, 0.717) is 6.42 Å². The second-order valence-corrected chi connectivity index (χ2v) is 3.69. The van der Waals surface area contributed by atoms with Gasteiger partial charge in [-0.05, 0) is 5.57 Å². The number of rotatable bonds is 3. The highest BCUT2D eigenvalue weighted by Crippen LogP contribution is 2.25. The molecule has 0 fully saturated rings. The second kappa shape index (κ2) is 5.47. The molecule has 1 aliphatic carbocycles. The predicted octanol–water partition coefficient (Wildman–Crippen LogP) is 1.86. The van der Waals surface area contributed by atoms with Gasteiger partial charge in [0.25, 0.3) is 0 Å². The molecule has 1 aliphatic rings. The fraction of sp³-hybridized carbons (Fsp3) is 0.500. The van der Waals surface area contributed by atoms with E-state index in [1.54, 1.807) is 7.11 Å². The van der Waals surface area contributed by atoms with Crippen molar-refractivity contribution in [1.29, 1.82) is 5.26 Å². The molecular weight excluding hydrogens is 190 g/mol. The minimum Gasteiger partial charge on any atom is -0.377 e. The number of ether oxygens (including phenoxy) is 1. The summed E-state index contributed by atoms with van der Waals surface area (Å²) >= 11 is 0. The first-order chi connectivity index (χ1) is 7.22. The molecule has 0 spiro atoms. The van der Waals surface area contributed by atoms with E-state index in [4.69, 9.17) is 10.00 Å². The molecule has 0 aliphatic heterocycles. The molecule has 3 atom stereocenters. The van der Waals surface area contributed by atoms with Crippen molar-refractivity contribution in [1.82, 2.24) is 0 Å². The fourth-order valence-electron chi connectivity index (χ4n) is 1.70. The number of allylic oxidation sites excluding steroid dienone is 3. The van der Waals surface area contributed by atoms with E-state index >= 15 is 0 Å². The standard InChI is InChI=1S/C12H15NO2/c1-9-11(8-13)4-3-10(5-6-14)7-12(9)15-2/h3-4,6-7,9,11-12H,5H2,1-2H3. The van der Waals surface area contributed by atoms with Crippen LogP contribution in [0.15, 0.2) is 23.8 Å². The van der Waals surface area contributed by atoms with Crippen LogP contribution < -0.4 is 0 Å². The quantitative estimate of drug-likeness (QED) is 0.661. The SMILES string of the molecule is COC1C=C(CC=O)C=CC(C#N)C1C. The third kappa shape index (κ3) is 2.77. The number of hydrogen-bond acceptors (Lipinski definition) is 3. The first kappa shape index (κ1) is 11.7. The van der Waals surface area contributed by atoms with Crippen LogP contribution in [0.1, 0.15) is 13.3 Å². The normalized spacial score (nSPS) is 30.2. The van der Waals surface area contributed by atoms with Crippen LogP contribution in [0.2, 0.25) is 0 Å². The van der Waals surface area contributed by atoms with Gasteiger partial charge in [-0.2, -0.15) is 5.26 Å². The van der Waals surface area contributed by atoms with Crippen LogP contribution in [0, 0.1) is 23.2 Å². The molecule has 3 unspecified atom stereocenters. The van der Waals surface area contributed by atoms with E-state index in [-0.39, 0.29) is 17.9 Å². The summed E-state index contributed by atoms with van der Waals surface area (Å²) in [5.74, 6) is -0.0456. The zero-order valence-electron chi connectivity index (χ0n) is 9.01. The summed E-state index contributed by atoms with van der Waals surface area (Å²) in [6.45, 7) is 1.98. The maximum atomic E-state index is 10.4. The van der Waals surface area contributed by atoms with Gasteiger partial charge in [-0.1, -0.05) is 25.2 Å². The Morgan fingerprint density at radius 3 is 2.93 bits per heavy atom. The first-order valence-electron chi connectivity index (χ1n) is 4.98. The topological polar surface area (TPSA) is 50.1 Å². The highest BCUT2D eigenvalue weighted by molar-refractivity contribution is 5.56. The summed E-state index contributed by atoms with van der Waals surface area (Å²) in [6.07, 6.45) is 6.75. The molecule has 0 bridgehead atoms. The summed E-state index contributed by atoms with van der Waals surface area (Å²) in [5.41, 5.74) is 0.918. The summed E-state index contributed by atoms with van der Waals surface area (Å²) < 4.78 is 5.31. The van der Waals surface area contributed by atoms with Crippen molar-refractivity contribution in [2.24, 2.45) is 11.8 Å². The van der Waals surface area contributed by atoms with Crippen LogP contribution in [0.4, 0.5) is 0 Å². The molecule has 80 valence electrons. The molecule has 0 radical (unpaired) electrons. The van der Waals surface area contributed by atoms with Gasteiger partial charge in [-0.3, -0.25) is 0 Å². The van der Waals surface area contributed by atoms with Crippen LogP contribution in [0.5, 0.6) is 0 Å². The fourth-order valence-corrected chi connectivity index (χ4v) is 1.70. The molecule has 0 saturated heterocycles. The minimum absolute atomic E-state index is 0.0976. The average Bonchev–Trinajstić information content (AvgIpc) is 2.39. The highest BCUT2D eigenvalue weighted by atomic mass is 16.5. The Morgan fingerprint density at radius 2 is 2.40 bits per heavy atom. The largest absolute Gasteiger partial charge is 0.377 e. The van der Waals surface area contributed by atoms with Crippen molar-refractivity contribution in [3.63, 3.8) is 0 Å². The number of nitriles is 1. The van der Waals surface area contributed by atoms with Crippen LogP contribution in [0.3, 0.4) is 0 Å². The van der Waals surface area contributed by atoms with E-state index in [1.807, 2.05) is 25.2 Å². The lowest BCUT2D eigenvalue weighted by Gasteiger charge is -2.20. The molecule has 15 heavy (non-hydrogen) atoms. The van der Waals surface area contributed by atoms with Gasteiger partial charge >= 0.3 is 0 Å².